The van der Waals surface area contributed by atoms with Crippen LogP contribution in [-0.2, 0) is 11.2 Å². The maximum Gasteiger partial charge on any atom is 0.307 e. The van der Waals surface area contributed by atoms with E-state index in [0.29, 0.717) is 11.1 Å². The van der Waals surface area contributed by atoms with Crippen LogP contribution in [0.4, 0.5) is 0 Å². The van der Waals surface area contributed by atoms with Gasteiger partial charge in [-0.2, -0.15) is 0 Å². The third kappa shape index (κ3) is 3.20. The maximum absolute atomic E-state index is 11.6. The molecule has 3 nitrogen and oxygen atoms in total. The van der Waals surface area contributed by atoms with Gasteiger partial charge in [-0.3, -0.25) is 9.59 Å². The molecule has 0 saturated heterocycles. The van der Waals surface area contributed by atoms with Gasteiger partial charge in [0.2, 0.25) is 0 Å². The Morgan fingerprint density at radius 3 is 2.13 bits per heavy atom. The smallest absolute Gasteiger partial charge is 0.307 e. The van der Waals surface area contributed by atoms with Crippen molar-refractivity contribution in [3.63, 3.8) is 0 Å². The van der Waals surface area contributed by atoms with Gasteiger partial charge in [0, 0.05) is 11.5 Å². The topological polar surface area (TPSA) is 54.4 Å². The molecule has 0 aliphatic heterocycles. The van der Waals surface area contributed by atoms with Crippen LogP contribution in [0.3, 0.4) is 0 Å². The second-order valence-electron chi connectivity index (χ2n) is 3.79. The summed E-state index contributed by atoms with van der Waals surface area (Å²) in [6.45, 7) is 3.68. The summed E-state index contributed by atoms with van der Waals surface area (Å²) in [5, 5.41) is 8.57. The lowest BCUT2D eigenvalue weighted by atomic mass is 9.99. The van der Waals surface area contributed by atoms with E-state index in [4.69, 9.17) is 5.11 Å². The summed E-state index contributed by atoms with van der Waals surface area (Å²) in [7, 11) is 0. The fraction of sp³-hybridized carbons (Fsp3) is 0.333. The first-order valence-corrected chi connectivity index (χ1v) is 4.85. The Morgan fingerprint density at radius 1 is 1.20 bits per heavy atom. The molecular weight excluding hydrogens is 192 g/mol. The monoisotopic (exact) mass is 206 g/mol. The van der Waals surface area contributed by atoms with Gasteiger partial charge in [0.25, 0.3) is 0 Å². The van der Waals surface area contributed by atoms with Crippen LogP contribution in [0, 0.1) is 5.92 Å². The van der Waals surface area contributed by atoms with E-state index >= 15 is 0 Å². The highest BCUT2D eigenvalue weighted by molar-refractivity contribution is 5.97. The van der Waals surface area contributed by atoms with Crippen molar-refractivity contribution in [1.29, 1.82) is 0 Å². The number of carbonyl (C=O) groups excluding carboxylic acids is 1. The van der Waals surface area contributed by atoms with E-state index < -0.39 is 5.97 Å². The van der Waals surface area contributed by atoms with E-state index in [2.05, 4.69) is 0 Å². The van der Waals surface area contributed by atoms with Gasteiger partial charge in [0.05, 0.1) is 6.42 Å². The molecule has 3 heteroatoms. The quantitative estimate of drug-likeness (QED) is 0.768. The van der Waals surface area contributed by atoms with E-state index in [-0.39, 0.29) is 18.1 Å². The first-order chi connectivity index (χ1) is 7.00. The molecule has 1 aromatic carbocycles. The molecule has 0 aromatic heterocycles. The fourth-order valence-corrected chi connectivity index (χ4v) is 1.29. The van der Waals surface area contributed by atoms with Gasteiger partial charge in [-0.05, 0) is 5.56 Å². The molecule has 0 unspecified atom stereocenters. The van der Waals surface area contributed by atoms with Gasteiger partial charge in [-0.1, -0.05) is 38.1 Å². The van der Waals surface area contributed by atoms with E-state index in [9.17, 15) is 9.59 Å². The Balaban J connectivity index is 2.81. The van der Waals surface area contributed by atoms with Crippen molar-refractivity contribution in [2.24, 2.45) is 5.92 Å². The highest BCUT2D eigenvalue weighted by Crippen LogP contribution is 2.10. The summed E-state index contributed by atoms with van der Waals surface area (Å²) in [5.41, 5.74) is 1.35. The summed E-state index contributed by atoms with van der Waals surface area (Å²) in [6, 6.07) is 6.73. The molecule has 0 aliphatic rings. The number of hydrogen-bond donors (Lipinski definition) is 1. The molecule has 0 bridgehead atoms. The molecule has 0 atom stereocenters. The van der Waals surface area contributed by atoms with Crippen LogP contribution in [-0.4, -0.2) is 16.9 Å². The maximum atomic E-state index is 11.6. The Labute approximate surface area is 88.7 Å². The lowest BCUT2D eigenvalue weighted by molar-refractivity contribution is -0.136. The van der Waals surface area contributed by atoms with Gasteiger partial charge >= 0.3 is 5.97 Å². The van der Waals surface area contributed by atoms with Crippen LogP contribution in [0.15, 0.2) is 24.3 Å². The average Bonchev–Trinajstić information content (AvgIpc) is 2.17. The second kappa shape index (κ2) is 4.73. The van der Waals surface area contributed by atoms with Crippen LogP contribution >= 0.6 is 0 Å². The van der Waals surface area contributed by atoms with Crippen LogP contribution in [0.2, 0.25) is 0 Å². The third-order valence-corrected chi connectivity index (χ3v) is 2.12. The number of Topliss-reactive ketones (excluding diaryl/α,β-unsaturated/α-hetero) is 1. The minimum Gasteiger partial charge on any atom is -0.481 e. The predicted molar refractivity (Wildman–Crippen MR) is 57.0 cm³/mol. The predicted octanol–water partition coefficient (Wildman–Crippen LogP) is 2.15. The van der Waals surface area contributed by atoms with Crippen LogP contribution in [0.1, 0.15) is 29.8 Å². The average molecular weight is 206 g/mol. The van der Waals surface area contributed by atoms with Crippen LogP contribution < -0.4 is 0 Å². The minimum absolute atomic E-state index is 0.00382. The van der Waals surface area contributed by atoms with E-state index in [1.165, 1.54) is 0 Å². The Hall–Kier alpha value is -1.64. The molecular formula is C12H14O3. The lowest BCUT2D eigenvalue weighted by Crippen LogP contribution is -2.07. The highest BCUT2D eigenvalue weighted by atomic mass is 16.4. The SMILES string of the molecule is CC(C)C(=O)c1ccc(CC(=O)O)cc1. The molecule has 0 saturated carbocycles. The summed E-state index contributed by atoms with van der Waals surface area (Å²) in [4.78, 5) is 22.0. The van der Waals surface area contributed by atoms with Crippen molar-refractivity contribution >= 4 is 11.8 Å². The first kappa shape index (κ1) is 11.4. The van der Waals surface area contributed by atoms with Gasteiger partial charge in [0.1, 0.15) is 0 Å². The summed E-state index contributed by atoms with van der Waals surface area (Å²) >= 11 is 0. The van der Waals surface area contributed by atoms with Crippen LogP contribution in [0.5, 0.6) is 0 Å². The molecule has 1 rings (SSSR count). The molecule has 0 spiro atoms. The van der Waals surface area contributed by atoms with E-state index in [1.54, 1.807) is 24.3 Å². The molecule has 80 valence electrons. The highest BCUT2D eigenvalue weighted by Gasteiger charge is 2.10. The molecule has 0 amide bonds. The van der Waals surface area contributed by atoms with Gasteiger partial charge in [-0.25, -0.2) is 0 Å². The van der Waals surface area contributed by atoms with Crippen molar-refractivity contribution in [2.45, 2.75) is 20.3 Å². The molecule has 1 N–H and O–H groups in total. The molecule has 15 heavy (non-hydrogen) atoms. The van der Waals surface area contributed by atoms with Crippen molar-refractivity contribution in [2.75, 3.05) is 0 Å². The molecule has 1 aromatic rings. The van der Waals surface area contributed by atoms with Crippen LogP contribution in [0.25, 0.3) is 0 Å². The number of rotatable bonds is 4. The van der Waals surface area contributed by atoms with Crippen molar-refractivity contribution < 1.29 is 14.7 Å². The molecule has 0 aliphatic carbocycles. The van der Waals surface area contributed by atoms with Crippen molar-refractivity contribution in [1.82, 2.24) is 0 Å². The normalized spacial score (nSPS) is 10.3. The molecule has 0 radical (unpaired) electrons. The Morgan fingerprint density at radius 2 is 1.73 bits per heavy atom. The van der Waals surface area contributed by atoms with E-state index in [0.717, 1.165) is 0 Å². The molecule has 0 heterocycles. The summed E-state index contributed by atoms with van der Waals surface area (Å²) in [5.74, 6) is -0.815. The van der Waals surface area contributed by atoms with Gasteiger partial charge in [0.15, 0.2) is 5.78 Å². The second-order valence-corrected chi connectivity index (χ2v) is 3.79. The largest absolute Gasteiger partial charge is 0.481 e. The zero-order valence-corrected chi connectivity index (χ0v) is 8.86. The minimum atomic E-state index is -0.863. The van der Waals surface area contributed by atoms with E-state index in [1.807, 2.05) is 13.8 Å². The number of carboxylic acid groups (broad SMARTS) is 1. The lowest BCUT2D eigenvalue weighted by Gasteiger charge is -2.04. The fourth-order valence-electron chi connectivity index (χ4n) is 1.29. The standard InChI is InChI=1S/C12H14O3/c1-8(2)12(15)10-5-3-9(4-6-10)7-11(13)14/h3-6,8H,7H2,1-2H3,(H,13,14). The molecule has 0 fully saturated rings. The first-order valence-electron chi connectivity index (χ1n) is 4.85. The summed E-state index contributed by atoms with van der Waals surface area (Å²) < 4.78 is 0. The van der Waals surface area contributed by atoms with Gasteiger partial charge < -0.3 is 5.11 Å². The number of carbonyl (C=O) groups is 2. The number of hydrogen-bond acceptors (Lipinski definition) is 2. The number of aliphatic carboxylic acids is 1. The Bertz CT molecular complexity index is 363. The number of carboxylic acids is 1. The zero-order chi connectivity index (χ0) is 11.4. The number of ketones is 1. The Kier molecular flexibility index (Phi) is 3.61. The summed E-state index contributed by atoms with van der Waals surface area (Å²) in [6.07, 6.45) is -0.00382. The number of benzene rings is 1. The van der Waals surface area contributed by atoms with Crippen molar-refractivity contribution in [3.05, 3.63) is 35.4 Å². The zero-order valence-electron chi connectivity index (χ0n) is 8.86. The van der Waals surface area contributed by atoms with Crippen molar-refractivity contribution in [3.8, 4) is 0 Å². The van der Waals surface area contributed by atoms with Gasteiger partial charge in [-0.15, -0.1) is 0 Å². The third-order valence-electron chi connectivity index (χ3n) is 2.12.